The Balaban J connectivity index is 0. The summed E-state index contributed by atoms with van der Waals surface area (Å²) >= 11 is -2.23. The molecule has 0 aromatic heterocycles. The third kappa shape index (κ3) is 7.19. The van der Waals surface area contributed by atoms with Crippen molar-refractivity contribution in [3.05, 3.63) is 29.8 Å². The normalized spacial score (nSPS) is 10.8. The van der Waals surface area contributed by atoms with Crippen LogP contribution in [-0.2, 0) is 22.3 Å². The molecule has 1 atom stereocenters. The van der Waals surface area contributed by atoms with Gasteiger partial charge < -0.3 is 14.5 Å². The quantitative estimate of drug-likeness (QED) is 0.397. The summed E-state index contributed by atoms with van der Waals surface area (Å²) in [5, 5.41) is 10.1. The maximum Gasteiger partial charge on any atom is 1.00 e. The minimum Gasteiger partial charge on any atom is -0.768 e. The van der Waals surface area contributed by atoms with Gasteiger partial charge in [-0.25, -0.2) is 0 Å². The summed E-state index contributed by atoms with van der Waals surface area (Å²) in [4.78, 5) is 10.3. The van der Waals surface area contributed by atoms with Gasteiger partial charge in [-0.1, -0.05) is 12.1 Å². The fourth-order valence-corrected chi connectivity index (χ4v) is 1.37. The molecule has 0 fully saturated rings. The Morgan fingerprint density at radius 2 is 1.69 bits per heavy atom. The average Bonchev–Trinajstić information content (AvgIpc) is 2.15. The largest absolute Gasteiger partial charge is 1.00 e. The molecule has 0 bridgehead atoms. The van der Waals surface area contributed by atoms with Crippen LogP contribution in [0.3, 0.4) is 0 Å². The molecule has 0 aliphatic carbocycles. The molecule has 0 N–H and O–H groups in total. The van der Waals surface area contributed by atoms with Gasteiger partial charge in [-0.2, -0.15) is 0 Å². The van der Waals surface area contributed by atoms with Gasteiger partial charge in [-0.05, 0) is 41.6 Å². The van der Waals surface area contributed by atoms with Crippen LogP contribution in [0.15, 0.2) is 29.2 Å². The molecule has 0 amide bonds. The summed E-state index contributed by atoms with van der Waals surface area (Å²) in [7, 11) is 0. The zero-order chi connectivity index (χ0) is 10.6. The summed E-state index contributed by atoms with van der Waals surface area (Å²) in [5.74, 6) is -1.11. The molecule has 0 radical (unpaired) electrons. The van der Waals surface area contributed by atoms with E-state index in [1.165, 1.54) is 12.1 Å². The van der Waals surface area contributed by atoms with E-state index in [0.29, 0.717) is 6.42 Å². The van der Waals surface area contributed by atoms with E-state index in [2.05, 4.69) is 0 Å². The van der Waals surface area contributed by atoms with E-state index in [9.17, 15) is 18.7 Å². The number of aliphatic carboxylic acids is 1. The number of hydrogen-bond acceptors (Lipinski definition) is 4. The van der Waals surface area contributed by atoms with E-state index < -0.39 is 17.0 Å². The van der Waals surface area contributed by atoms with Crippen molar-refractivity contribution in [2.24, 2.45) is 0 Å². The Morgan fingerprint density at radius 1 is 1.19 bits per heavy atom. The van der Waals surface area contributed by atoms with Crippen LogP contribution in [-0.4, -0.2) is 14.7 Å². The van der Waals surface area contributed by atoms with E-state index in [4.69, 9.17) is 0 Å². The van der Waals surface area contributed by atoms with Crippen molar-refractivity contribution in [1.29, 1.82) is 0 Å². The number of rotatable bonds is 4. The molecule has 16 heavy (non-hydrogen) atoms. The van der Waals surface area contributed by atoms with Crippen molar-refractivity contribution >= 4 is 17.0 Å². The fourth-order valence-electron chi connectivity index (χ4n) is 1.01. The molecule has 0 aliphatic rings. The van der Waals surface area contributed by atoms with Crippen LogP contribution in [0.25, 0.3) is 0 Å². The van der Waals surface area contributed by atoms with Gasteiger partial charge in [-0.15, -0.1) is 0 Å². The second kappa shape index (κ2) is 9.79. The molecule has 1 unspecified atom stereocenters. The fraction of sp³-hybridized carbons (Fsp3) is 0.222. The topological polar surface area (TPSA) is 80.3 Å². The Kier molecular flexibility index (Phi) is 11.7. The number of carbonyl (C=O) groups excluding carboxylic acids is 1. The maximum absolute atomic E-state index is 10.5. The Labute approximate surface area is 141 Å². The monoisotopic (exact) mass is 258 g/mol. The first kappa shape index (κ1) is 19.1. The summed E-state index contributed by atoms with van der Waals surface area (Å²) in [5.41, 5.74) is 0.781. The molecule has 76 valence electrons. The minimum atomic E-state index is -2.23. The first-order chi connectivity index (χ1) is 6.59. The number of carboxylic acid groups (broad SMARTS) is 1. The Bertz CT molecular complexity index is 353. The molecule has 7 heteroatoms. The van der Waals surface area contributed by atoms with Crippen molar-refractivity contribution in [3.63, 3.8) is 0 Å². The van der Waals surface area contributed by atoms with Crippen molar-refractivity contribution in [1.82, 2.24) is 0 Å². The molecule has 1 rings (SSSR count). The van der Waals surface area contributed by atoms with Gasteiger partial charge in [0.1, 0.15) is 0 Å². The first-order valence-corrected chi connectivity index (χ1v) is 5.05. The van der Waals surface area contributed by atoms with Gasteiger partial charge >= 0.3 is 59.1 Å². The van der Waals surface area contributed by atoms with Crippen LogP contribution >= 0.6 is 0 Å². The molecule has 0 saturated carbocycles. The second-order valence-corrected chi connectivity index (χ2v) is 3.69. The van der Waals surface area contributed by atoms with Crippen molar-refractivity contribution < 1.29 is 77.8 Å². The summed E-state index contributed by atoms with van der Waals surface area (Å²) in [6, 6.07) is 6.06. The molecule has 1 aromatic carbocycles. The van der Waals surface area contributed by atoms with Gasteiger partial charge in [0.15, 0.2) is 0 Å². The van der Waals surface area contributed by atoms with E-state index >= 15 is 0 Å². The number of carbonyl (C=O) groups is 1. The molecular weight excluding hydrogens is 250 g/mol. The predicted octanol–water partition coefficient (Wildman–Crippen LogP) is -6.38. The summed E-state index contributed by atoms with van der Waals surface area (Å²) in [6.45, 7) is 0. The molecule has 0 saturated heterocycles. The molecule has 0 heterocycles. The molecular formula is C9H8Na2O4S. The van der Waals surface area contributed by atoms with Crippen molar-refractivity contribution in [2.45, 2.75) is 17.7 Å². The SMILES string of the molecule is O=C([O-])CCc1ccc(S(=O)[O-])cc1.[Na+].[Na+]. The zero-order valence-electron chi connectivity index (χ0n) is 9.26. The van der Waals surface area contributed by atoms with Crippen LogP contribution in [0, 0.1) is 0 Å². The third-order valence-corrected chi connectivity index (χ3v) is 2.39. The minimum absolute atomic E-state index is 0. The molecule has 0 spiro atoms. The van der Waals surface area contributed by atoms with Gasteiger partial charge in [0.25, 0.3) is 0 Å². The van der Waals surface area contributed by atoms with E-state index in [1.54, 1.807) is 12.1 Å². The number of benzene rings is 1. The van der Waals surface area contributed by atoms with E-state index in [0.717, 1.165) is 5.56 Å². The Hall–Kier alpha value is 0.800. The van der Waals surface area contributed by atoms with Gasteiger partial charge in [-0.3, -0.25) is 4.21 Å². The number of hydrogen-bond donors (Lipinski definition) is 0. The number of aryl methyl sites for hydroxylation is 1. The number of carboxylic acids is 1. The smallest absolute Gasteiger partial charge is 0.768 e. The van der Waals surface area contributed by atoms with E-state index in [-0.39, 0.29) is 70.4 Å². The van der Waals surface area contributed by atoms with Gasteiger partial charge in [0, 0.05) is 10.9 Å². The first-order valence-electron chi connectivity index (χ1n) is 3.97. The standard InChI is InChI=1S/C9H10O4S.2Na/c10-9(11)6-3-7-1-4-8(5-2-7)14(12)13;;/h1-2,4-5H,3,6H2,(H,10,11)(H,12,13);;/q;2*+1/p-2. The molecule has 0 aliphatic heterocycles. The van der Waals surface area contributed by atoms with Gasteiger partial charge in [0.2, 0.25) is 0 Å². The average molecular weight is 258 g/mol. The van der Waals surface area contributed by atoms with Crippen molar-refractivity contribution in [2.75, 3.05) is 0 Å². The Morgan fingerprint density at radius 3 is 2.06 bits per heavy atom. The second-order valence-electron chi connectivity index (χ2n) is 2.75. The van der Waals surface area contributed by atoms with Crippen LogP contribution in [0.2, 0.25) is 0 Å². The van der Waals surface area contributed by atoms with Gasteiger partial charge in [0.05, 0.1) is 0 Å². The molecule has 1 aromatic rings. The van der Waals surface area contributed by atoms with Crippen LogP contribution in [0.5, 0.6) is 0 Å². The van der Waals surface area contributed by atoms with Crippen molar-refractivity contribution in [3.8, 4) is 0 Å². The third-order valence-electron chi connectivity index (χ3n) is 1.73. The summed E-state index contributed by atoms with van der Waals surface area (Å²) in [6.07, 6.45) is 0.300. The molecule has 4 nitrogen and oxygen atoms in total. The van der Waals surface area contributed by atoms with Crippen LogP contribution in [0.4, 0.5) is 0 Å². The maximum atomic E-state index is 10.5. The van der Waals surface area contributed by atoms with Crippen LogP contribution in [0.1, 0.15) is 12.0 Å². The van der Waals surface area contributed by atoms with Crippen LogP contribution < -0.4 is 64.2 Å². The summed E-state index contributed by atoms with van der Waals surface area (Å²) < 4.78 is 20.9. The van der Waals surface area contributed by atoms with E-state index in [1.807, 2.05) is 0 Å². The zero-order valence-corrected chi connectivity index (χ0v) is 14.1. The predicted molar refractivity (Wildman–Crippen MR) is 47.0 cm³/mol.